The van der Waals surface area contributed by atoms with Crippen molar-refractivity contribution in [1.82, 2.24) is 15.2 Å². The first kappa shape index (κ1) is 18.4. The number of amides is 1. The summed E-state index contributed by atoms with van der Waals surface area (Å²) in [7, 11) is 0. The molecule has 0 atom stereocenters. The van der Waals surface area contributed by atoms with Crippen LogP contribution in [0, 0.1) is 5.92 Å². The van der Waals surface area contributed by atoms with Crippen molar-refractivity contribution in [2.24, 2.45) is 5.92 Å². The lowest BCUT2D eigenvalue weighted by Gasteiger charge is -2.30. The van der Waals surface area contributed by atoms with Crippen molar-refractivity contribution in [3.63, 3.8) is 0 Å². The third-order valence-electron chi connectivity index (χ3n) is 4.28. The van der Waals surface area contributed by atoms with Crippen LogP contribution in [0.15, 0.2) is 24.4 Å². The fourth-order valence-electron chi connectivity index (χ4n) is 2.96. The molecular formula is C18H28N4O2. The second-order valence-corrected chi connectivity index (χ2v) is 6.39. The van der Waals surface area contributed by atoms with Crippen molar-refractivity contribution < 1.29 is 9.59 Å². The van der Waals surface area contributed by atoms with E-state index in [-0.39, 0.29) is 17.6 Å². The van der Waals surface area contributed by atoms with Gasteiger partial charge in [-0.3, -0.25) is 14.5 Å². The van der Waals surface area contributed by atoms with Crippen LogP contribution in [0.25, 0.3) is 0 Å². The summed E-state index contributed by atoms with van der Waals surface area (Å²) >= 11 is 0. The monoisotopic (exact) mass is 332 g/mol. The first-order chi connectivity index (χ1) is 11.6. The zero-order chi connectivity index (χ0) is 17.2. The number of pyridine rings is 1. The van der Waals surface area contributed by atoms with Crippen LogP contribution < -0.4 is 10.6 Å². The van der Waals surface area contributed by atoms with Crippen molar-refractivity contribution >= 4 is 17.5 Å². The van der Waals surface area contributed by atoms with Crippen molar-refractivity contribution in [1.29, 1.82) is 0 Å². The van der Waals surface area contributed by atoms with E-state index in [4.69, 9.17) is 0 Å². The maximum Gasteiger partial charge on any atom is 0.223 e. The minimum absolute atomic E-state index is 0.0971. The minimum Gasteiger partial charge on any atom is -0.370 e. The van der Waals surface area contributed by atoms with E-state index in [1.54, 1.807) is 13.1 Å². The average Bonchev–Trinajstić information content (AvgIpc) is 2.59. The lowest BCUT2D eigenvalue weighted by Crippen LogP contribution is -2.42. The van der Waals surface area contributed by atoms with Crippen LogP contribution in [0.3, 0.4) is 0 Å². The Bertz CT molecular complexity index is 513. The number of carbonyl (C=O) groups is 2. The van der Waals surface area contributed by atoms with Gasteiger partial charge in [0.1, 0.15) is 11.6 Å². The summed E-state index contributed by atoms with van der Waals surface area (Å²) in [6, 6.07) is 5.79. The number of likely N-dealkylation sites (tertiary alicyclic amines) is 1. The first-order valence-electron chi connectivity index (χ1n) is 8.79. The van der Waals surface area contributed by atoms with E-state index in [9.17, 15) is 9.59 Å². The lowest BCUT2D eigenvalue weighted by atomic mass is 9.95. The number of ketones is 1. The molecular weight excluding hydrogens is 304 g/mol. The number of unbranched alkanes of at least 4 members (excludes halogenated alkanes) is 1. The van der Waals surface area contributed by atoms with Crippen LogP contribution in [0.1, 0.15) is 32.6 Å². The van der Waals surface area contributed by atoms with Crippen LogP contribution in [0.2, 0.25) is 0 Å². The van der Waals surface area contributed by atoms with Gasteiger partial charge in [0.05, 0.1) is 6.54 Å². The number of piperidine rings is 1. The van der Waals surface area contributed by atoms with Crippen LogP contribution in [-0.4, -0.2) is 54.3 Å². The van der Waals surface area contributed by atoms with E-state index in [1.807, 2.05) is 18.2 Å². The second-order valence-electron chi connectivity index (χ2n) is 6.39. The number of hydrogen-bond acceptors (Lipinski definition) is 5. The summed E-state index contributed by atoms with van der Waals surface area (Å²) in [5, 5.41) is 6.30. The zero-order valence-electron chi connectivity index (χ0n) is 14.5. The van der Waals surface area contributed by atoms with Crippen LogP contribution in [-0.2, 0) is 9.59 Å². The van der Waals surface area contributed by atoms with Gasteiger partial charge in [-0.25, -0.2) is 4.98 Å². The summed E-state index contributed by atoms with van der Waals surface area (Å²) in [4.78, 5) is 29.6. The number of carbonyl (C=O) groups excluding carboxylic acids is 2. The highest BCUT2D eigenvalue weighted by Gasteiger charge is 2.24. The van der Waals surface area contributed by atoms with E-state index in [0.29, 0.717) is 6.54 Å². The average molecular weight is 332 g/mol. The molecule has 1 aromatic rings. The number of Topliss-reactive ketones (excluding diaryl/α,β-unsaturated/α-hetero) is 1. The Hall–Kier alpha value is -1.95. The molecule has 0 spiro atoms. The summed E-state index contributed by atoms with van der Waals surface area (Å²) in [6.45, 7) is 5.38. The summed E-state index contributed by atoms with van der Waals surface area (Å²) in [5.41, 5.74) is 0. The normalized spacial score (nSPS) is 15.9. The molecule has 132 valence electrons. The number of nitrogens with one attached hydrogen (secondary N) is 2. The molecule has 24 heavy (non-hydrogen) atoms. The Morgan fingerprint density at radius 3 is 2.62 bits per heavy atom. The van der Waals surface area contributed by atoms with Gasteiger partial charge >= 0.3 is 0 Å². The molecule has 2 N–H and O–H groups in total. The fourth-order valence-corrected chi connectivity index (χ4v) is 2.96. The zero-order valence-corrected chi connectivity index (χ0v) is 14.5. The predicted octanol–water partition coefficient (Wildman–Crippen LogP) is 1.69. The molecule has 0 aromatic carbocycles. The number of nitrogens with zero attached hydrogens (tertiary/aromatic N) is 2. The molecule has 1 fully saturated rings. The molecule has 1 aliphatic heterocycles. The molecule has 1 saturated heterocycles. The maximum atomic E-state index is 12.2. The molecule has 0 saturated carbocycles. The third kappa shape index (κ3) is 6.66. The lowest BCUT2D eigenvalue weighted by molar-refractivity contribution is -0.126. The highest BCUT2D eigenvalue weighted by Crippen LogP contribution is 2.17. The topological polar surface area (TPSA) is 74.3 Å². The first-order valence-corrected chi connectivity index (χ1v) is 8.79. The van der Waals surface area contributed by atoms with Crippen molar-refractivity contribution in [2.75, 3.05) is 38.0 Å². The third-order valence-corrected chi connectivity index (χ3v) is 4.28. The minimum atomic E-state index is 0.0971. The van der Waals surface area contributed by atoms with Gasteiger partial charge in [0, 0.05) is 25.2 Å². The van der Waals surface area contributed by atoms with Gasteiger partial charge in [-0.05, 0) is 57.8 Å². The van der Waals surface area contributed by atoms with Gasteiger partial charge < -0.3 is 10.6 Å². The molecule has 0 bridgehead atoms. The number of aromatic nitrogens is 1. The van der Waals surface area contributed by atoms with E-state index >= 15 is 0 Å². The fraction of sp³-hybridized carbons (Fsp3) is 0.611. The molecule has 0 radical (unpaired) electrons. The van der Waals surface area contributed by atoms with Crippen LogP contribution in [0.5, 0.6) is 0 Å². The van der Waals surface area contributed by atoms with Crippen molar-refractivity contribution in [2.45, 2.75) is 32.6 Å². The summed E-state index contributed by atoms with van der Waals surface area (Å²) in [6.07, 6.45) is 5.41. The molecule has 6 nitrogen and oxygen atoms in total. The van der Waals surface area contributed by atoms with Gasteiger partial charge in [0.2, 0.25) is 5.91 Å². The molecule has 0 unspecified atom stereocenters. The summed E-state index contributed by atoms with van der Waals surface area (Å²) < 4.78 is 0. The molecule has 1 aromatic heterocycles. The van der Waals surface area contributed by atoms with E-state index in [1.165, 1.54) is 0 Å². The van der Waals surface area contributed by atoms with Crippen LogP contribution in [0.4, 0.5) is 5.82 Å². The van der Waals surface area contributed by atoms with Gasteiger partial charge in [-0.2, -0.15) is 0 Å². The van der Waals surface area contributed by atoms with Crippen molar-refractivity contribution in [3.05, 3.63) is 24.4 Å². The number of hydrogen-bond donors (Lipinski definition) is 2. The van der Waals surface area contributed by atoms with Crippen molar-refractivity contribution in [3.8, 4) is 0 Å². The summed E-state index contributed by atoms with van der Waals surface area (Å²) in [5.74, 6) is 1.34. The highest BCUT2D eigenvalue weighted by atomic mass is 16.2. The predicted molar refractivity (Wildman–Crippen MR) is 94.8 cm³/mol. The molecule has 2 heterocycles. The molecule has 2 rings (SSSR count). The Labute approximate surface area is 144 Å². The van der Waals surface area contributed by atoms with Gasteiger partial charge in [0.15, 0.2) is 0 Å². The number of anilines is 1. The standard InChI is InChI=1S/C18H28N4O2/c1-15(23)14-22-12-7-16(8-13-22)18(24)21-11-5-4-10-20-17-6-2-3-9-19-17/h2-3,6,9,16H,4-5,7-8,10-14H2,1H3,(H,19,20)(H,21,24). The van der Waals surface area contributed by atoms with Gasteiger partial charge in [-0.1, -0.05) is 6.07 Å². The largest absolute Gasteiger partial charge is 0.370 e. The van der Waals surface area contributed by atoms with Gasteiger partial charge in [0.25, 0.3) is 0 Å². The van der Waals surface area contributed by atoms with Gasteiger partial charge in [-0.15, -0.1) is 0 Å². The van der Waals surface area contributed by atoms with E-state index in [0.717, 1.165) is 57.7 Å². The number of rotatable bonds is 9. The molecule has 6 heteroatoms. The van der Waals surface area contributed by atoms with E-state index < -0.39 is 0 Å². The van der Waals surface area contributed by atoms with E-state index in [2.05, 4.69) is 20.5 Å². The van der Waals surface area contributed by atoms with Crippen LogP contribution >= 0.6 is 0 Å². The quantitative estimate of drug-likeness (QED) is 0.673. The SMILES string of the molecule is CC(=O)CN1CCC(C(=O)NCCCCNc2ccccn2)CC1. The highest BCUT2D eigenvalue weighted by molar-refractivity contribution is 5.79. The maximum absolute atomic E-state index is 12.2. The molecule has 1 amide bonds. The molecule has 0 aliphatic carbocycles. The second kappa shape index (κ2) is 10.0. The smallest absolute Gasteiger partial charge is 0.223 e. The Balaban J connectivity index is 1.52. The Morgan fingerprint density at radius 2 is 1.96 bits per heavy atom. The Kier molecular flexibility index (Phi) is 7.68. The Morgan fingerprint density at radius 1 is 1.21 bits per heavy atom. The molecule has 1 aliphatic rings.